The number of hydrogen-bond donors (Lipinski definition) is 1. The van der Waals surface area contributed by atoms with Crippen molar-refractivity contribution >= 4 is 17.3 Å². The number of nitro groups is 1. The van der Waals surface area contributed by atoms with E-state index in [4.69, 9.17) is 13.9 Å². The van der Waals surface area contributed by atoms with Crippen LogP contribution in [-0.4, -0.2) is 17.9 Å². The van der Waals surface area contributed by atoms with Crippen LogP contribution in [0.2, 0.25) is 0 Å². The van der Waals surface area contributed by atoms with Crippen molar-refractivity contribution in [2.75, 3.05) is 12.4 Å². The van der Waals surface area contributed by atoms with Crippen LogP contribution in [0.15, 0.2) is 65.1 Å². The van der Waals surface area contributed by atoms with Crippen LogP contribution in [0.25, 0.3) is 0 Å². The molecule has 3 rings (SSSR count). The molecule has 3 aromatic rings. The molecule has 0 radical (unpaired) electrons. The largest absolute Gasteiger partial charge is 0.497 e. The third kappa shape index (κ3) is 4.63. The number of amides is 1. The van der Waals surface area contributed by atoms with Gasteiger partial charge in [-0.05, 0) is 36.4 Å². The quantitative estimate of drug-likeness (QED) is 0.499. The normalized spacial score (nSPS) is 10.3. The van der Waals surface area contributed by atoms with Gasteiger partial charge in [0.2, 0.25) is 0 Å². The average Bonchev–Trinajstić information content (AvgIpc) is 3.16. The predicted molar refractivity (Wildman–Crippen MR) is 97.1 cm³/mol. The highest BCUT2D eigenvalue weighted by atomic mass is 16.6. The molecule has 0 bridgehead atoms. The smallest absolute Gasteiger partial charge is 0.291 e. The Morgan fingerprint density at radius 3 is 2.59 bits per heavy atom. The topological polar surface area (TPSA) is 104 Å². The number of ether oxygens (including phenoxy) is 2. The van der Waals surface area contributed by atoms with Gasteiger partial charge >= 0.3 is 0 Å². The molecule has 0 aliphatic heterocycles. The first-order chi connectivity index (χ1) is 13.0. The van der Waals surface area contributed by atoms with Crippen molar-refractivity contribution in [1.82, 2.24) is 0 Å². The molecule has 27 heavy (non-hydrogen) atoms. The van der Waals surface area contributed by atoms with Gasteiger partial charge in [0.05, 0.1) is 12.0 Å². The van der Waals surface area contributed by atoms with E-state index >= 15 is 0 Å². The third-order valence-electron chi connectivity index (χ3n) is 3.64. The maximum absolute atomic E-state index is 12.3. The first-order valence-corrected chi connectivity index (χ1v) is 7.96. The zero-order valence-electron chi connectivity index (χ0n) is 14.4. The van der Waals surface area contributed by atoms with Gasteiger partial charge in [0, 0.05) is 23.9 Å². The fourth-order valence-electron chi connectivity index (χ4n) is 2.29. The summed E-state index contributed by atoms with van der Waals surface area (Å²) >= 11 is 0. The van der Waals surface area contributed by atoms with Gasteiger partial charge in [-0.2, -0.15) is 0 Å². The minimum absolute atomic E-state index is 0.0168. The summed E-state index contributed by atoms with van der Waals surface area (Å²) in [6.45, 7) is 0.0876. The Labute approximate surface area is 154 Å². The molecule has 0 saturated heterocycles. The SMILES string of the molecule is COc1cccc(NC(=O)c2ccc(COc3ccc([N+](=O)[O-])cc3)o2)c1. The Hall–Kier alpha value is -3.81. The first-order valence-electron chi connectivity index (χ1n) is 7.96. The van der Waals surface area contributed by atoms with Crippen LogP contribution >= 0.6 is 0 Å². The molecule has 0 aliphatic carbocycles. The van der Waals surface area contributed by atoms with Crippen molar-refractivity contribution < 1.29 is 23.6 Å². The molecule has 0 unspecified atom stereocenters. The summed E-state index contributed by atoms with van der Waals surface area (Å²) in [4.78, 5) is 22.4. The lowest BCUT2D eigenvalue weighted by Gasteiger charge is -2.06. The molecule has 0 saturated carbocycles. The van der Waals surface area contributed by atoms with Crippen LogP contribution in [0.5, 0.6) is 11.5 Å². The van der Waals surface area contributed by atoms with E-state index in [1.165, 1.54) is 24.3 Å². The average molecular weight is 368 g/mol. The second-order valence-electron chi connectivity index (χ2n) is 5.49. The van der Waals surface area contributed by atoms with E-state index in [0.717, 1.165) is 0 Å². The Morgan fingerprint density at radius 2 is 1.89 bits per heavy atom. The van der Waals surface area contributed by atoms with Crippen molar-refractivity contribution in [3.63, 3.8) is 0 Å². The molecule has 1 heterocycles. The lowest BCUT2D eigenvalue weighted by molar-refractivity contribution is -0.384. The highest BCUT2D eigenvalue weighted by molar-refractivity contribution is 6.02. The van der Waals surface area contributed by atoms with Crippen molar-refractivity contribution in [3.8, 4) is 11.5 Å². The van der Waals surface area contributed by atoms with Gasteiger partial charge in [-0.25, -0.2) is 0 Å². The van der Waals surface area contributed by atoms with E-state index < -0.39 is 10.8 Å². The minimum Gasteiger partial charge on any atom is -0.497 e. The fraction of sp³-hybridized carbons (Fsp3) is 0.105. The van der Waals surface area contributed by atoms with Gasteiger partial charge in [-0.1, -0.05) is 6.07 Å². The number of methoxy groups -OCH3 is 1. The summed E-state index contributed by atoms with van der Waals surface area (Å²) in [6.07, 6.45) is 0. The van der Waals surface area contributed by atoms with E-state index in [1.54, 1.807) is 43.5 Å². The molecular formula is C19H16N2O6. The molecular weight excluding hydrogens is 352 g/mol. The standard InChI is InChI=1S/C19H16N2O6/c1-25-16-4-2-3-13(11-16)20-19(22)18-10-9-17(27-18)12-26-15-7-5-14(6-8-15)21(23)24/h2-11H,12H2,1H3,(H,20,22). The lowest BCUT2D eigenvalue weighted by atomic mass is 10.3. The number of carbonyl (C=O) groups excluding carboxylic acids is 1. The number of non-ortho nitro benzene ring substituents is 1. The van der Waals surface area contributed by atoms with Crippen molar-refractivity contribution in [3.05, 3.63) is 82.3 Å². The maximum atomic E-state index is 12.3. The predicted octanol–water partition coefficient (Wildman–Crippen LogP) is 4.03. The van der Waals surface area contributed by atoms with Gasteiger partial charge in [-0.15, -0.1) is 0 Å². The molecule has 0 atom stereocenters. The Balaban J connectivity index is 1.58. The summed E-state index contributed by atoms with van der Waals surface area (Å²) < 4.78 is 16.1. The zero-order chi connectivity index (χ0) is 19.2. The molecule has 2 aromatic carbocycles. The second kappa shape index (κ2) is 8.05. The number of rotatable bonds is 7. The summed E-state index contributed by atoms with van der Waals surface area (Å²) in [7, 11) is 1.55. The number of nitrogens with one attached hydrogen (secondary N) is 1. The van der Waals surface area contributed by atoms with Crippen LogP contribution in [-0.2, 0) is 6.61 Å². The maximum Gasteiger partial charge on any atom is 0.291 e. The monoisotopic (exact) mass is 368 g/mol. The summed E-state index contributed by atoms with van der Waals surface area (Å²) in [5.41, 5.74) is 0.566. The first kappa shape index (κ1) is 18.0. The van der Waals surface area contributed by atoms with E-state index in [2.05, 4.69) is 5.32 Å². The molecule has 1 aromatic heterocycles. The number of furan rings is 1. The highest BCUT2D eigenvalue weighted by Crippen LogP contribution is 2.20. The molecule has 138 valence electrons. The molecule has 1 N–H and O–H groups in total. The van der Waals surface area contributed by atoms with E-state index in [0.29, 0.717) is 22.9 Å². The van der Waals surface area contributed by atoms with Gasteiger partial charge in [-0.3, -0.25) is 14.9 Å². The Morgan fingerprint density at radius 1 is 1.11 bits per heavy atom. The number of hydrogen-bond acceptors (Lipinski definition) is 6. The fourth-order valence-corrected chi connectivity index (χ4v) is 2.29. The zero-order valence-corrected chi connectivity index (χ0v) is 14.4. The van der Waals surface area contributed by atoms with Gasteiger partial charge in [0.25, 0.3) is 11.6 Å². The summed E-state index contributed by atoms with van der Waals surface area (Å²) in [5.74, 6) is 1.28. The molecule has 8 heteroatoms. The van der Waals surface area contributed by atoms with Crippen LogP contribution < -0.4 is 14.8 Å². The van der Waals surface area contributed by atoms with Crippen LogP contribution in [0, 0.1) is 10.1 Å². The molecule has 0 spiro atoms. The highest BCUT2D eigenvalue weighted by Gasteiger charge is 2.12. The lowest BCUT2D eigenvalue weighted by Crippen LogP contribution is -2.10. The third-order valence-corrected chi connectivity index (χ3v) is 3.64. The summed E-state index contributed by atoms with van der Waals surface area (Å²) in [6, 6.07) is 15.8. The van der Waals surface area contributed by atoms with Crippen molar-refractivity contribution in [2.24, 2.45) is 0 Å². The van der Waals surface area contributed by atoms with Gasteiger partial charge in [0.15, 0.2) is 5.76 Å². The Bertz CT molecular complexity index is 949. The number of anilines is 1. The van der Waals surface area contributed by atoms with Crippen molar-refractivity contribution in [2.45, 2.75) is 6.61 Å². The van der Waals surface area contributed by atoms with Crippen LogP contribution in [0.1, 0.15) is 16.3 Å². The number of nitro benzene ring substituents is 1. The van der Waals surface area contributed by atoms with E-state index in [9.17, 15) is 14.9 Å². The van der Waals surface area contributed by atoms with Gasteiger partial charge in [0.1, 0.15) is 23.9 Å². The molecule has 8 nitrogen and oxygen atoms in total. The number of benzene rings is 2. The molecule has 0 aliphatic rings. The van der Waals surface area contributed by atoms with Gasteiger partial charge < -0.3 is 19.2 Å². The molecule has 0 fully saturated rings. The second-order valence-corrected chi connectivity index (χ2v) is 5.49. The van der Waals surface area contributed by atoms with Crippen LogP contribution in [0.4, 0.5) is 11.4 Å². The minimum atomic E-state index is -0.483. The van der Waals surface area contributed by atoms with Crippen molar-refractivity contribution in [1.29, 1.82) is 0 Å². The number of carbonyl (C=O) groups is 1. The molecule has 1 amide bonds. The van der Waals surface area contributed by atoms with Crippen LogP contribution in [0.3, 0.4) is 0 Å². The summed E-state index contributed by atoms with van der Waals surface area (Å²) in [5, 5.41) is 13.3. The Kier molecular flexibility index (Phi) is 5.36. The van der Waals surface area contributed by atoms with E-state index in [1.807, 2.05) is 0 Å². The van der Waals surface area contributed by atoms with E-state index in [-0.39, 0.29) is 18.1 Å². The number of nitrogens with zero attached hydrogens (tertiary/aromatic N) is 1.